The number of sulfonamides is 1. The molecule has 0 aliphatic rings. The minimum absolute atomic E-state index is 0.0901. The van der Waals surface area contributed by atoms with E-state index in [0.29, 0.717) is 12.1 Å². The average Bonchev–Trinajstić information content (AvgIpc) is 2.75. The number of hydrogen-bond acceptors (Lipinski definition) is 4. The Kier molecular flexibility index (Phi) is 6.31. The summed E-state index contributed by atoms with van der Waals surface area (Å²) in [5, 5.41) is 2.89. The highest BCUT2D eigenvalue weighted by atomic mass is 32.2. The van der Waals surface area contributed by atoms with Gasteiger partial charge in [-0.1, -0.05) is 48.5 Å². The van der Waals surface area contributed by atoms with Crippen LogP contribution in [-0.2, 0) is 16.4 Å². The van der Waals surface area contributed by atoms with E-state index in [0.717, 1.165) is 11.1 Å². The molecule has 0 spiro atoms. The van der Waals surface area contributed by atoms with Crippen LogP contribution in [0.3, 0.4) is 0 Å². The second-order valence-corrected chi connectivity index (χ2v) is 8.20. The van der Waals surface area contributed by atoms with Crippen molar-refractivity contribution in [2.24, 2.45) is 0 Å². The van der Waals surface area contributed by atoms with Gasteiger partial charge in [0.15, 0.2) is 0 Å². The highest BCUT2D eigenvalue weighted by molar-refractivity contribution is 7.89. The van der Waals surface area contributed by atoms with Gasteiger partial charge < -0.3 is 10.1 Å². The van der Waals surface area contributed by atoms with E-state index >= 15 is 0 Å². The number of ether oxygens (including phenoxy) is 1. The number of benzene rings is 3. The molecule has 0 unspecified atom stereocenters. The number of nitrogens with one attached hydrogen (secondary N) is 2. The molecule has 0 aliphatic heterocycles. The van der Waals surface area contributed by atoms with Gasteiger partial charge in [-0.15, -0.1) is 0 Å². The van der Waals surface area contributed by atoms with Gasteiger partial charge in [0.1, 0.15) is 10.6 Å². The second-order valence-electron chi connectivity index (χ2n) is 6.35. The van der Waals surface area contributed by atoms with Crippen LogP contribution in [0, 0.1) is 0 Å². The van der Waals surface area contributed by atoms with Crippen LogP contribution in [0.15, 0.2) is 77.7 Å². The number of anilines is 1. The highest BCUT2D eigenvalue weighted by Gasteiger charge is 2.20. The summed E-state index contributed by atoms with van der Waals surface area (Å²) >= 11 is 0. The maximum atomic E-state index is 12.8. The first kappa shape index (κ1) is 20.6. The summed E-state index contributed by atoms with van der Waals surface area (Å²) in [5.41, 5.74) is 2.98. The van der Waals surface area contributed by atoms with E-state index < -0.39 is 15.9 Å². The van der Waals surface area contributed by atoms with Crippen LogP contribution in [0.1, 0.15) is 21.5 Å². The van der Waals surface area contributed by atoms with E-state index in [1.165, 1.54) is 32.4 Å². The summed E-state index contributed by atoms with van der Waals surface area (Å²) in [6, 6.07) is 21.8. The van der Waals surface area contributed by atoms with Crippen LogP contribution in [0.5, 0.6) is 5.75 Å². The smallest absolute Gasteiger partial charge is 0.255 e. The molecule has 6 nitrogen and oxygen atoms in total. The summed E-state index contributed by atoms with van der Waals surface area (Å²) in [6.07, 6.45) is 0.666. The molecule has 0 heterocycles. The SMILES string of the molecule is CNS(=O)(=O)c1cc(C(=O)Nc2ccccc2Cc2ccccc2)ccc1OC. The van der Waals surface area contributed by atoms with Crippen molar-refractivity contribution in [2.45, 2.75) is 11.3 Å². The van der Waals surface area contributed by atoms with Gasteiger partial charge >= 0.3 is 0 Å². The van der Waals surface area contributed by atoms with E-state index in [-0.39, 0.29) is 16.2 Å². The molecule has 0 fully saturated rings. The molecule has 7 heteroatoms. The lowest BCUT2D eigenvalue weighted by Gasteiger charge is -2.13. The number of methoxy groups -OCH3 is 1. The molecule has 150 valence electrons. The van der Waals surface area contributed by atoms with E-state index in [9.17, 15) is 13.2 Å². The zero-order valence-corrected chi connectivity index (χ0v) is 17.0. The Morgan fingerprint density at radius 2 is 1.66 bits per heavy atom. The standard InChI is InChI=1S/C22H22N2O4S/c1-23-29(26,27)21-15-18(12-13-20(21)28-2)22(25)24-19-11-7-6-10-17(19)14-16-8-4-3-5-9-16/h3-13,15,23H,14H2,1-2H3,(H,24,25). The molecular weight excluding hydrogens is 388 g/mol. The number of hydrogen-bond donors (Lipinski definition) is 2. The molecule has 3 rings (SSSR count). The van der Waals surface area contributed by atoms with E-state index in [2.05, 4.69) is 10.0 Å². The Bertz CT molecular complexity index is 1110. The number of amides is 1. The fraction of sp³-hybridized carbons (Fsp3) is 0.136. The van der Waals surface area contributed by atoms with Crippen LogP contribution >= 0.6 is 0 Å². The normalized spacial score (nSPS) is 11.1. The Labute approximate surface area is 170 Å². The zero-order valence-electron chi connectivity index (χ0n) is 16.2. The van der Waals surface area contributed by atoms with Gasteiger partial charge in [-0.25, -0.2) is 13.1 Å². The van der Waals surface area contributed by atoms with Gasteiger partial charge in [0.25, 0.3) is 5.91 Å². The third kappa shape index (κ3) is 4.82. The van der Waals surface area contributed by atoms with Gasteiger partial charge in [0.05, 0.1) is 7.11 Å². The van der Waals surface area contributed by atoms with Crippen LogP contribution in [0.25, 0.3) is 0 Å². The first-order chi connectivity index (χ1) is 13.9. The van der Waals surface area contributed by atoms with Crippen molar-refractivity contribution in [1.82, 2.24) is 4.72 Å². The summed E-state index contributed by atoms with van der Waals surface area (Å²) in [5.74, 6) is -0.235. The largest absolute Gasteiger partial charge is 0.495 e. The van der Waals surface area contributed by atoms with Crippen molar-refractivity contribution >= 4 is 21.6 Å². The predicted octanol–water partition coefficient (Wildman–Crippen LogP) is 3.45. The minimum Gasteiger partial charge on any atom is -0.495 e. The summed E-state index contributed by atoms with van der Waals surface area (Å²) in [7, 11) is -1.09. The Morgan fingerprint density at radius 3 is 2.34 bits per heavy atom. The fourth-order valence-electron chi connectivity index (χ4n) is 2.94. The fourth-order valence-corrected chi connectivity index (χ4v) is 3.86. The molecule has 0 aliphatic carbocycles. The van der Waals surface area contributed by atoms with Gasteiger partial charge in [-0.3, -0.25) is 4.79 Å². The molecule has 29 heavy (non-hydrogen) atoms. The zero-order chi connectivity index (χ0) is 20.9. The van der Waals surface area contributed by atoms with Crippen LogP contribution < -0.4 is 14.8 Å². The lowest BCUT2D eigenvalue weighted by molar-refractivity contribution is 0.102. The topological polar surface area (TPSA) is 84.5 Å². The molecule has 0 aromatic heterocycles. The summed E-state index contributed by atoms with van der Waals surface area (Å²) < 4.78 is 31.9. The molecule has 0 radical (unpaired) electrons. The van der Waals surface area contributed by atoms with Crippen LogP contribution in [0.4, 0.5) is 5.69 Å². The molecule has 3 aromatic carbocycles. The second kappa shape index (κ2) is 8.89. The monoisotopic (exact) mass is 410 g/mol. The highest BCUT2D eigenvalue weighted by Crippen LogP contribution is 2.26. The number of rotatable bonds is 7. The van der Waals surface area contributed by atoms with Crippen LogP contribution in [0.2, 0.25) is 0 Å². The number of carbonyl (C=O) groups excluding carboxylic acids is 1. The van der Waals surface area contributed by atoms with Crippen molar-refractivity contribution in [3.05, 3.63) is 89.5 Å². The van der Waals surface area contributed by atoms with E-state index in [1.54, 1.807) is 0 Å². The van der Waals surface area contributed by atoms with Crippen LogP contribution in [-0.4, -0.2) is 28.5 Å². The first-order valence-electron chi connectivity index (χ1n) is 8.99. The molecule has 0 bridgehead atoms. The molecule has 3 aromatic rings. The third-order valence-electron chi connectivity index (χ3n) is 4.49. The number of para-hydroxylation sites is 1. The van der Waals surface area contributed by atoms with Crippen molar-refractivity contribution < 1.29 is 17.9 Å². The van der Waals surface area contributed by atoms with Crippen molar-refractivity contribution in [1.29, 1.82) is 0 Å². The van der Waals surface area contributed by atoms with E-state index in [4.69, 9.17) is 4.74 Å². The maximum Gasteiger partial charge on any atom is 0.255 e. The predicted molar refractivity (Wildman–Crippen MR) is 113 cm³/mol. The summed E-state index contributed by atoms with van der Waals surface area (Å²) in [6.45, 7) is 0. The lowest BCUT2D eigenvalue weighted by atomic mass is 10.0. The Hall–Kier alpha value is -3.16. The van der Waals surface area contributed by atoms with Gasteiger partial charge in [-0.05, 0) is 48.9 Å². The average molecular weight is 410 g/mol. The molecular formula is C22H22N2O4S. The number of carbonyl (C=O) groups is 1. The van der Waals surface area contributed by atoms with E-state index in [1.807, 2.05) is 54.6 Å². The first-order valence-corrected chi connectivity index (χ1v) is 10.5. The van der Waals surface area contributed by atoms with Crippen molar-refractivity contribution in [2.75, 3.05) is 19.5 Å². The van der Waals surface area contributed by atoms with Gasteiger partial charge in [0, 0.05) is 11.3 Å². The van der Waals surface area contributed by atoms with Gasteiger partial charge in [-0.2, -0.15) is 0 Å². The molecule has 2 N–H and O–H groups in total. The molecule has 0 atom stereocenters. The summed E-state index contributed by atoms with van der Waals surface area (Å²) in [4.78, 5) is 12.7. The molecule has 0 saturated carbocycles. The Balaban J connectivity index is 1.89. The maximum absolute atomic E-state index is 12.8. The third-order valence-corrected chi connectivity index (χ3v) is 5.92. The lowest BCUT2D eigenvalue weighted by Crippen LogP contribution is -2.20. The quantitative estimate of drug-likeness (QED) is 0.625. The minimum atomic E-state index is -3.77. The van der Waals surface area contributed by atoms with Crippen molar-refractivity contribution in [3.63, 3.8) is 0 Å². The van der Waals surface area contributed by atoms with Crippen molar-refractivity contribution in [3.8, 4) is 5.75 Å². The molecule has 0 saturated heterocycles. The Morgan fingerprint density at radius 1 is 0.966 bits per heavy atom. The molecule has 1 amide bonds. The van der Waals surface area contributed by atoms with Gasteiger partial charge in [0.2, 0.25) is 10.0 Å².